The first-order valence-corrected chi connectivity index (χ1v) is 5.32. The van der Waals surface area contributed by atoms with E-state index in [-0.39, 0.29) is 0 Å². The molecule has 0 fully saturated rings. The number of benzene rings is 1. The second-order valence-electron chi connectivity index (χ2n) is 3.29. The Balaban J connectivity index is 2.33. The number of aliphatic imine (C=N–C) groups is 1. The van der Waals surface area contributed by atoms with E-state index >= 15 is 0 Å². The maximum absolute atomic E-state index is 9.06. The molecule has 5 heteroatoms. The number of hydroxylamine groups is 1. The van der Waals surface area contributed by atoms with Gasteiger partial charge in [0.1, 0.15) is 0 Å². The number of pyridine rings is 1. The van der Waals surface area contributed by atoms with E-state index in [1.54, 1.807) is 48.8 Å². The average Bonchev–Trinajstić information content (AvgIpc) is 2.39. The number of aromatic nitrogens is 1. The normalized spacial score (nSPS) is 11.3. The Morgan fingerprint density at radius 2 is 2.00 bits per heavy atom. The van der Waals surface area contributed by atoms with Crippen LogP contribution in [-0.2, 0) is 0 Å². The van der Waals surface area contributed by atoms with Crippen LogP contribution in [0.3, 0.4) is 0 Å². The van der Waals surface area contributed by atoms with Gasteiger partial charge in [0, 0.05) is 23.0 Å². The zero-order valence-electron chi connectivity index (χ0n) is 8.84. The highest BCUT2D eigenvalue weighted by Gasteiger charge is 2.01. The average molecular weight is 248 g/mol. The maximum Gasteiger partial charge on any atom is 0.158 e. The summed E-state index contributed by atoms with van der Waals surface area (Å²) in [6.45, 7) is 0. The highest BCUT2D eigenvalue weighted by Crippen LogP contribution is 2.17. The lowest BCUT2D eigenvalue weighted by atomic mass is 10.2. The van der Waals surface area contributed by atoms with Gasteiger partial charge in [0.15, 0.2) is 5.84 Å². The van der Waals surface area contributed by atoms with Crippen molar-refractivity contribution in [2.75, 3.05) is 0 Å². The number of rotatable bonds is 2. The molecule has 0 aliphatic carbocycles. The van der Waals surface area contributed by atoms with Gasteiger partial charge in [-0.1, -0.05) is 11.6 Å². The number of nitrogens with one attached hydrogen (secondary N) is 1. The Bertz CT molecular complexity index is 511. The summed E-state index contributed by atoms with van der Waals surface area (Å²) < 4.78 is 0. The first-order valence-electron chi connectivity index (χ1n) is 4.94. The number of hydrogen-bond acceptors (Lipinski definition) is 3. The van der Waals surface area contributed by atoms with Crippen molar-refractivity contribution in [3.63, 3.8) is 0 Å². The van der Waals surface area contributed by atoms with E-state index < -0.39 is 0 Å². The van der Waals surface area contributed by atoms with Gasteiger partial charge in [-0.05, 0) is 36.4 Å². The first kappa shape index (κ1) is 11.6. The van der Waals surface area contributed by atoms with Crippen molar-refractivity contribution in [3.8, 4) is 0 Å². The van der Waals surface area contributed by atoms with Gasteiger partial charge in [0.2, 0.25) is 0 Å². The largest absolute Gasteiger partial charge is 0.290 e. The van der Waals surface area contributed by atoms with Crippen molar-refractivity contribution in [2.45, 2.75) is 0 Å². The fourth-order valence-corrected chi connectivity index (χ4v) is 1.43. The molecule has 1 aromatic heterocycles. The molecule has 0 atom stereocenters. The van der Waals surface area contributed by atoms with E-state index in [4.69, 9.17) is 16.8 Å². The summed E-state index contributed by atoms with van der Waals surface area (Å²) in [4.78, 5) is 8.20. The van der Waals surface area contributed by atoms with Crippen molar-refractivity contribution < 1.29 is 5.21 Å². The van der Waals surface area contributed by atoms with Gasteiger partial charge in [-0.15, -0.1) is 0 Å². The van der Waals surface area contributed by atoms with Gasteiger partial charge < -0.3 is 0 Å². The van der Waals surface area contributed by atoms with Crippen molar-refractivity contribution in [3.05, 3.63) is 59.4 Å². The number of halogens is 1. The second-order valence-corrected chi connectivity index (χ2v) is 3.73. The van der Waals surface area contributed by atoms with Crippen molar-refractivity contribution in [2.24, 2.45) is 4.99 Å². The molecule has 0 amide bonds. The molecule has 0 spiro atoms. The predicted octanol–water partition coefficient (Wildman–Crippen LogP) is 2.79. The zero-order valence-corrected chi connectivity index (χ0v) is 9.59. The van der Waals surface area contributed by atoms with E-state index in [0.29, 0.717) is 22.1 Å². The minimum Gasteiger partial charge on any atom is -0.290 e. The molecule has 1 heterocycles. The molecule has 86 valence electrons. The molecule has 0 unspecified atom stereocenters. The van der Waals surface area contributed by atoms with Crippen LogP contribution in [-0.4, -0.2) is 16.0 Å². The third-order valence-corrected chi connectivity index (χ3v) is 2.36. The molecule has 2 rings (SSSR count). The van der Waals surface area contributed by atoms with Crippen LogP contribution in [0.15, 0.2) is 53.8 Å². The molecule has 17 heavy (non-hydrogen) atoms. The van der Waals surface area contributed by atoms with Crippen molar-refractivity contribution in [1.82, 2.24) is 10.5 Å². The van der Waals surface area contributed by atoms with E-state index in [0.717, 1.165) is 0 Å². The van der Waals surface area contributed by atoms with Crippen LogP contribution in [0.1, 0.15) is 5.56 Å². The molecule has 0 saturated carbocycles. The molecule has 0 saturated heterocycles. The van der Waals surface area contributed by atoms with E-state index in [2.05, 4.69) is 15.5 Å². The van der Waals surface area contributed by atoms with E-state index in [1.807, 2.05) is 0 Å². The topological polar surface area (TPSA) is 57.5 Å². The predicted molar refractivity (Wildman–Crippen MR) is 66.8 cm³/mol. The van der Waals surface area contributed by atoms with Crippen LogP contribution >= 0.6 is 11.6 Å². The summed E-state index contributed by atoms with van der Waals surface area (Å²) in [5.74, 6) is 0.334. The molecular formula is C12H10ClN3O. The van der Waals surface area contributed by atoms with Crippen LogP contribution in [0.2, 0.25) is 5.02 Å². The van der Waals surface area contributed by atoms with E-state index in [9.17, 15) is 0 Å². The zero-order chi connectivity index (χ0) is 12.1. The minimum atomic E-state index is 0.334. The fourth-order valence-electron chi connectivity index (χ4n) is 1.30. The molecule has 2 aromatic rings. The highest BCUT2D eigenvalue weighted by molar-refractivity contribution is 6.30. The number of nitrogens with zero attached hydrogens (tertiary/aromatic N) is 2. The Morgan fingerprint density at radius 1 is 1.24 bits per heavy atom. The summed E-state index contributed by atoms with van der Waals surface area (Å²) in [6, 6.07) is 10.6. The summed E-state index contributed by atoms with van der Waals surface area (Å²) in [5, 5.41) is 9.70. The molecule has 4 nitrogen and oxygen atoms in total. The van der Waals surface area contributed by atoms with Crippen molar-refractivity contribution >= 4 is 23.1 Å². The lowest BCUT2D eigenvalue weighted by Gasteiger charge is -2.04. The Morgan fingerprint density at radius 3 is 2.59 bits per heavy atom. The Kier molecular flexibility index (Phi) is 3.69. The lowest BCUT2D eigenvalue weighted by molar-refractivity contribution is 0.235. The standard InChI is InChI=1S/C12H10ClN3O/c13-10-3-5-11(6-4-10)15-12(16-17)9-2-1-7-14-8-9/h1-8,17H,(H,15,16). The van der Waals surface area contributed by atoms with Gasteiger partial charge in [-0.3, -0.25) is 15.7 Å². The molecule has 0 aliphatic rings. The lowest BCUT2D eigenvalue weighted by Crippen LogP contribution is -2.20. The van der Waals surface area contributed by atoms with Gasteiger partial charge in [0.05, 0.1) is 5.69 Å². The molecule has 0 radical (unpaired) electrons. The number of amidine groups is 1. The Labute approximate surface area is 104 Å². The third-order valence-electron chi connectivity index (χ3n) is 2.11. The molecule has 2 N–H and O–H groups in total. The number of hydrogen-bond donors (Lipinski definition) is 2. The quantitative estimate of drug-likeness (QED) is 0.487. The summed E-state index contributed by atoms with van der Waals surface area (Å²) >= 11 is 5.78. The van der Waals surface area contributed by atoms with Gasteiger partial charge in [-0.2, -0.15) is 0 Å². The Hall–Kier alpha value is -1.91. The van der Waals surface area contributed by atoms with Crippen LogP contribution in [0, 0.1) is 0 Å². The van der Waals surface area contributed by atoms with Crippen LogP contribution in [0.4, 0.5) is 5.69 Å². The monoisotopic (exact) mass is 247 g/mol. The summed E-state index contributed by atoms with van der Waals surface area (Å²) in [6.07, 6.45) is 3.26. The summed E-state index contributed by atoms with van der Waals surface area (Å²) in [5.41, 5.74) is 3.45. The van der Waals surface area contributed by atoms with Gasteiger partial charge in [-0.25, -0.2) is 4.99 Å². The SMILES string of the molecule is ONC(=Nc1ccc(Cl)cc1)c1cccnc1. The van der Waals surface area contributed by atoms with Gasteiger partial charge >= 0.3 is 0 Å². The third kappa shape index (κ3) is 3.03. The first-order chi connectivity index (χ1) is 8.29. The second kappa shape index (κ2) is 5.43. The van der Waals surface area contributed by atoms with E-state index in [1.165, 1.54) is 0 Å². The van der Waals surface area contributed by atoms with Gasteiger partial charge in [0.25, 0.3) is 0 Å². The highest BCUT2D eigenvalue weighted by atomic mass is 35.5. The molecule has 0 aliphatic heterocycles. The molecule has 1 aromatic carbocycles. The molecular weight excluding hydrogens is 238 g/mol. The van der Waals surface area contributed by atoms with Crippen molar-refractivity contribution in [1.29, 1.82) is 0 Å². The van der Waals surface area contributed by atoms with Crippen LogP contribution in [0.25, 0.3) is 0 Å². The smallest absolute Gasteiger partial charge is 0.158 e. The van der Waals surface area contributed by atoms with Crippen LogP contribution < -0.4 is 5.48 Å². The maximum atomic E-state index is 9.06. The van der Waals surface area contributed by atoms with Crippen LogP contribution in [0.5, 0.6) is 0 Å². The summed E-state index contributed by atoms with van der Waals surface area (Å²) in [7, 11) is 0. The fraction of sp³-hybridized carbons (Fsp3) is 0. The molecule has 0 bridgehead atoms. The minimum absolute atomic E-state index is 0.334.